The molecule has 2 heterocycles. The standard InChI is InChI=1S/C20H28N6O2/c1-3-25-6-8-26(9-7-25)19-13-18(23-14-24-19)20(22)16-12-15(4-5-17(16)21)28-11-10-27-2/h4-5,12-14,22H,3,6-11,21H2,1-2H3. The van der Waals surface area contributed by atoms with E-state index in [1.165, 1.54) is 6.33 Å². The molecule has 28 heavy (non-hydrogen) atoms. The van der Waals surface area contributed by atoms with Gasteiger partial charge in [0.15, 0.2) is 0 Å². The molecular weight excluding hydrogens is 356 g/mol. The second-order valence-electron chi connectivity index (χ2n) is 6.65. The van der Waals surface area contributed by atoms with Crippen LogP contribution in [0.2, 0.25) is 0 Å². The van der Waals surface area contributed by atoms with Gasteiger partial charge in [0.2, 0.25) is 0 Å². The van der Waals surface area contributed by atoms with Gasteiger partial charge in [-0.3, -0.25) is 5.41 Å². The van der Waals surface area contributed by atoms with Crippen LogP contribution in [-0.2, 0) is 4.74 Å². The molecule has 3 rings (SSSR count). The summed E-state index contributed by atoms with van der Waals surface area (Å²) in [6.45, 7) is 8.05. The molecule has 0 unspecified atom stereocenters. The van der Waals surface area contributed by atoms with E-state index >= 15 is 0 Å². The largest absolute Gasteiger partial charge is 0.491 e. The van der Waals surface area contributed by atoms with E-state index in [0.29, 0.717) is 35.9 Å². The highest BCUT2D eigenvalue weighted by molar-refractivity contribution is 6.13. The molecule has 0 amide bonds. The summed E-state index contributed by atoms with van der Waals surface area (Å²) in [5.74, 6) is 1.49. The van der Waals surface area contributed by atoms with Crippen LogP contribution < -0.4 is 15.4 Å². The van der Waals surface area contributed by atoms with E-state index < -0.39 is 0 Å². The summed E-state index contributed by atoms with van der Waals surface area (Å²) in [5.41, 5.74) is 8.02. The topological polar surface area (TPSA) is 101 Å². The average Bonchev–Trinajstić information content (AvgIpc) is 2.75. The van der Waals surface area contributed by atoms with Gasteiger partial charge in [-0.25, -0.2) is 9.97 Å². The van der Waals surface area contributed by atoms with E-state index in [0.717, 1.165) is 38.5 Å². The maximum absolute atomic E-state index is 8.62. The van der Waals surface area contributed by atoms with E-state index in [4.69, 9.17) is 20.6 Å². The number of anilines is 2. The molecule has 1 saturated heterocycles. The molecule has 1 aliphatic heterocycles. The number of ether oxygens (including phenoxy) is 2. The first-order valence-corrected chi connectivity index (χ1v) is 9.52. The summed E-state index contributed by atoms with van der Waals surface area (Å²) in [6.07, 6.45) is 1.51. The Morgan fingerprint density at radius 3 is 2.64 bits per heavy atom. The number of likely N-dealkylation sites (N-methyl/N-ethyl adjacent to an activating group) is 1. The molecule has 0 radical (unpaired) electrons. The highest BCUT2D eigenvalue weighted by Crippen LogP contribution is 2.23. The molecule has 1 fully saturated rings. The number of nitrogen functional groups attached to an aromatic ring is 1. The zero-order chi connectivity index (χ0) is 19.9. The van der Waals surface area contributed by atoms with Gasteiger partial charge in [-0.05, 0) is 24.7 Å². The van der Waals surface area contributed by atoms with Gasteiger partial charge in [0, 0.05) is 50.6 Å². The van der Waals surface area contributed by atoms with Crippen LogP contribution in [0.3, 0.4) is 0 Å². The van der Waals surface area contributed by atoms with Crippen LogP contribution in [0.25, 0.3) is 0 Å². The number of piperazine rings is 1. The summed E-state index contributed by atoms with van der Waals surface area (Å²) in [5, 5.41) is 8.62. The predicted octanol–water partition coefficient (Wildman–Crippen LogP) is 1.64. The van der Waals surface area contributed by atoms with E-state index in [2.05, 4.69) is 26.7 Å². The lowest BCUT2D eigenvalue weighted by atomic mass is 10.0. The van der Waals surface area contributed by atoms with Crippen molar-refractivity contribution in [2.75, 3.05) is 63.7 Å². The SMILES string of the molecule is CCN1CCN(c2cc(C(=N)c3cc(OCCOC)ccc3N)ncn2)CC1. The number of aromatic nitrogens is 2. The molecule has 150 valence electrons. The summed E-state index contributed by atoms with van der Waals surface area (Å²) in [7, 11) is 1.63. The monoisotopic (exact) mass is 384 g/mol. The van der Waals surface area contributed by atoms with Crippen molar-refractivity contribution < 1.29 is 9.47 Å². The molecule has 0 bridgehead atoms. The number of methoxy groups -OCH3 is 1. The minimum Gasteiger partial charge on any atom is -0.491 e. The number of hydrogen-bond donors (Lipinski definition) is 2. The normalized spacial score (nSPS) is 14.9. The van der Waals surface area contributed by atoms with Crippen molar-refractivity contribution >= 4 is 17.2 Å². The fourth-order valence-electron chi connectivity index (χ4n) is 3.17. The van der Waals surface area contributed by atoms with E-state index in [1.807, 2.05) is 6.07 Å². The number of benzene rings is 1. The van der Waals surface area contributed by atoms with Crippen molar-refractivity contribution in [1.29, 1.82) is 5.41 Å². The van der Waals surface area contributed by atoms with Crippen LogP contribution in [-0.4, -0.2) is 73.6 Å². The van der Waals surface area contributed by atoms with Gasteiger partial charge < -0.3 is 25.0 Å². The molecular formula is C20H28N6O2. The van der Waals surface area contributed by atoms with Gasteiger partial charge in [0.05, 0.1) is 18.0 Å². The molecule has 0 saturated carbocycles. The van der Waals surface area contributed by atoms with Crippen LogP contribution in [0.5, 0.6) is 5.75 Å². The average molecular weight is 384 g/mol. The molecule has 0 atom stereocenters. The quantitative estimate of drug-likeness (QED) is 0.405. The van der Waals surface area contributed by atoms with Crippen molar-refractivity contribution in [2.45, 2.75) is 6.92 Å². The lowest BCUT2D eigenvalue weighted by Crippen LogP contribution is -2.46. The van der Waals surface area contributed by atoms with Crippen LogP contribution in [0, 0.1) is 5.41 Å². The molecule has 1 aromatic heterocycles. The first-order chi connectivity index (χ1) is 13.6. The fraction of sp³-hybridized carbons (Fsp3) is 0.450. The second-order valence-corrected chi connectivity index (χ2v) is 6.65. The Kier molecular flexibility index (Phi) is 6.78. The molecule has 2 aromatic rings. The van der Waals surface area contributed by atoms with E-state index in [9.17, 15) is 0 Å². The molecule has 1 aliphatic rings. The van der Waals surface area contributed by atoms with Gasteiger partial charge in [0.1, 0.15) is 24.5 Å². The third-order valence-electron chi connectivity index (χ3n) is 4.90. The van der Waals surface area contributed by atoms with Crippen LogP contribution in [0.1, 0.15) is 18.2 Å². The second kappa shape index (κ2) is 9.48. The highest BCUT2D eigenvalue weighted by atomic mass is 16.5. The summed E-state index contributed by atoms with van der Waals surface area (Å²) in [6, 6.07) is 7.18. The third kappa shape index (κ3) is 4.76. The summed E-state index contributed by atoms with van der Waals surface area (Å²) >= 11 is 0. The Morgan fingerprint density at radius 2 is 1.93 bits per heavy atom. The smallest absolute Gasteiger partial charge is 0.132 e. The van der Waals surface area contributed by atoms with Gasteiger partial charge in [-0.15, -0.1) is 0 Å². The maximum atomic E-state index is 8.62. The van der Waals surface area contributed by atoms with Gasteiger partial charge in [-0.1, -0.05) is 6.92 Å². The zero-order valence-electron chi connectivity index (χ0n) is 16.5. The lowest BCUT2D eigenvalue weighted by molar-refractivity contribution is 0.146. The molecule has 3 N–H and O–H groups in total. The number of rotatable bonds is 8. The molecule has 0 spiro atoms. The summed E-state index contributed by atoms with van der Waals surface area (Å²) < 4.78 is 10.6. The van der Waals surface area contributed by atoms with Crippen LogP contribution in [0.15, 0.2) is 30.6 Å². The lowest BCUT2D eigenvalue weighted by Gasteiger charge is -2.34. The molecule has 8 nitrogen and oxygen atoms in total. The van der Waals surface area contributed by atoms with E-state index in [1.54, 1.807) is 25.3 Å². The molecule has 8 heteroatoms. The van der Waals surface area contributed by atoms with Crippen molar-refractivity contribution in [3.63, 3.8) is 0 Å². The third-order valence-corrected chi connectivity index (χ3v) is 4.90. The maximum Gasteiger partial charge on any atom is 0.132 e. The van der Waals surface area contributed by atoms with Crippen molar-refractivity contribution in [1.82, 2.24) is 14.9 Å². The molecule has 0 aliphatic carbocycles. The number of hydrogen-bond acceptors (Lipinski definition) is 8. The van der Waals surface area contributed by atoms with Crippen molar-refractivity contribution in [2.24, 2.45) is 0 Å². The van der Waals surface area contributed by atoms with Crippen molar-refractivity contribution in [3.05, 3.63) is 41.9 Å². The Bertz CT molecular complexity index is 805. The van der Waals surface area contributed by atoms with Gasteiger partial charge in [0.25, 0.3) is 0 Å². The number of nitrogens with one attached hydrogen (secondary N) is 1. The zero-order valence-corrected chi connectivity index (χ0v) is 16.5. The van der Waals surface area contributed by atoms with Crippen molar-refractivity contribution in [3.8, 4) is 5.75 Å². The van der Waals surface area contributed by atoms with Crippen LogP contribution >= 0.6 is 0 Å². The molecule has 1 aromatic carbocycles. The highest BCUT2D eigenvalue weighted by Gasteiger charge is 2.19. The van der Waals surface area contributed by atoms with Gasteiger partial charge >= 0.3 is 0 Å². The minimum absolute atomic E-state index is 0.255. The number of nitrogens with zero attached hydrogens (tertiary/aromatic N) is 4. The Balaban J connectivity index is 1.76. The van der Waals surface area contributed by atoms with Crippen LogP contribution in [0.4, 0.5) is 11.5 Å². The Morgan fingerprint density at radius 1 is 1.14 bits per heavy atom. The Labute approximate surface area is 165 Å². The predicted molar refractivity (Wildman–Crippen MR) is 111 cm³/mol. The minimum atomic E-state index is 0.255. The van der Waals surface area contributed by atoms with E-state index in [-0.39, 0.29) is 5.71 Å². The first-order valence-electron chi connectivity index (χ1n) is 9.52. The Hall–Kier alpha value is -2.71. The fourth-order valence-corrected chi connectivity index (χ4v) is 3.17. The first kappa shape index (κ1) is 20.0. The summed E-state index contributed by atoms with van der Waals surface area (Å²) in [4.78, 5) is 13.4. The number of nitrogens with two attached hydrogens (primary N) is 1. The van der Waals surface area contributed by atoms with Gasteiger partial charge in [-0.2, -0.15) is 0 Å².